The van der Waals surface area contributed by atoms with Gasteiger partial charge in [-0.25, -0.2) is 13.4 Å². The zero-order valence-corrected chi connectivity index (χ0v) is 19.7. The van der Waals surface area contributed by atoms with Crippen molar-refractivity contribution in [2.45, 2.75) is 38.5 Å². The molecule has 0 bridgehead atoms. The minimum Gasteiger partial charge on any atom is -0.493 e. The molecule has 2 aromatic rings. The molecule has 0 unspecified atom stereocenters. The van der Waals surface area contributed by atoms with E-state index in [0.29, 0.717) is 41.5 Å². The van der Waals surface area contributed by atoms with E-state index >= 15 is 0 Å². The van der Waals surface area contributed by atoms with E-state index in [2.05, 4.69) is 9.97 Å². The third kappa shape index (κ3) is 5.43. The van der Waals surface area contributed by atoms with Gasteiger partial charge in [-0.3, -0.25) is 0 Å². The Morgan fingerprint density at radius 1 is 1.00 bits per heavy atom. The molecule has 172 valence electrons. The van der Waals surface area contributed by atoms with Crippen molar-refractivity contribution in [2.24, 2.45) is 0 Å². The molecule has 1 aliphatic rings. The predicted octanol–water partition coefficient (Wildman–Crippen LogP) is 3.29. The summed E-state index contributed by atoms with van der Waals surface area (Å²) in [6.07, 6.45) is 0.856. The van der Waals surface area contributed by atoms with Gasteiger partial charge in [0.25, 0.3) is 0 Å². The number of halogens is 1. The second-order valence-electron chi connectivity index (χ2n) is 7.61. The molecule has 4 N–H and O–H groups in total. The predicted molar refractivity (Wildman–Crippen MR) is 122 cm³/mol. The molecule has 1 aliphatic heterocycles. The number of ether oxygens (including phenoxy) is 3. The normalized spacial score (nSPS) is 15.9. The number of hydrogen-bond acceptors (Lipinski definition) is 9. The highest BCUT2D eigenvalue weighted by Gasteiger charge is 2.30. The topological polar surface area (TPSA) is 140 Å². The molecule has 0 spiro atoms. The third-order valence-electron chi connectivity index (χ3n) is 5.23. The van der Waals surface area contributed by atoms with Crippen LogP contribution < -0.4 is 25.7 Å². The standard InChI is InChI=1S/C20H28N4O5S.ClH/c1-11(2)13-9-15(27-3)16(28-4)10-14(13)29-18-17(23-20(22)24-19(18)21)12-5-7-30(25,26)8-6-12;/h9-12H,5-8H2,1-4H3,(H4,21,22,23,24);1H. The van der Waals surface area contributed by atoms with E-state index in [-0.39, 0.29) is 47.5 Å². The van der Waals surface area contributed by atoms with Crippen LogP contribution in [0.4, 0.5) is 11.8 Å². The maximum absolute atomic E-state index is 11.8. The first kappa shape index (κ1) is 24.8. The Hall–Kier alpha value is -2.46. The van der Waals surface area contributed by atoms with Crippen molar-refractivity contribution in [1.82, 2.24) is 9.97 Å². The smallest absolute Gasteiger partial charge is 0.222 e. The summed E-state index contributed by atoms with van der Waals surface area (Å²) in [7, 11) is 0.0924. The van der Waals surface area contributed by atoms with Gasteiger partial charge in [-0.1, -0.05) is 13.8 Å². The fraction of sp³-hybridized carbons (Fsp3) is 0.500. The average molecular weight is 473 g/mol. The second-order valence-corrected chi connectivity index (χ2v) is 9.91. The summed E-state index contributed by atoms with van der Waals surface area (Å²) in [6.45, 7) is 4.06. The summed E-state index contributed by atoms with van der Waals surface area (Å²) in [6, 6.07) is 3.60. The lowest BCUT2D eigenvalue weighted by atomic mass is 9.97. The first-order valence-corrected chi connectivity index (χ1v) is 11.5. The maximum Gasteiger partial charge on any atom is 0.222 e. The molecule has 0 atom stereocenters. The van der Waals surface area contributed by atoms with Crippen LogP contribution in [0.5, 0.6) is 23.0 Å². The van der Waals surface area contributed by atoms with Crippen LogP contribution in [-0.4, -0.2) is 44.1 Å². The number of benzene rings is 1. The number of nitrogens with two attached hydrogens (primary N) is 2. The molecule has 2 heterocycles. The van der Waals surface area contributed by atoms with Gasteiger partial charge in [-0.2, -0.15) is 4.98 Å². The van der Waals surface area contributed by atoms with E-state index in [1.165, 1.54) is 0 Å². The van der Waals surface area contributed by atoms with E-state index < -0.39 is 9.84 Å². The Morgan fingerprint density at radius 3 is 2.13 bits per heavy atom. The highest BCUT2D eigenvalue weighted by Crippen LogP contribution is 2.44. The lowest BCUT2D eigenvalue weighted by molar-refractivity contribution is 0.350. The maximum atomic E-state index is 11.8. The number of rotatable bonds is 6. The lowest BCUT2D eigenvalue weighted by Crippen LogP contribution is -2.23. The molecule has 11 heteroatoms. The molecule has 3 rings (SSSR count). The summed E-state index contributed by atoms with van der Waals surface area (Å²) >= 11 is 0. The van der Waals surface area contributed by atoms with E-state index in [9.17, 15) is 8.42 Å². The summed E-state index contributed by atoms with van der Waals surface area (Å²) < 4.78 is 40.8. The van der Waals surface area contributed by atoms with Crippen molar-refractivity contribution >= 4 is 34.0 Å². The van der Waals surface area contributed by atoms with E-state index in [4.69, 9.17) is 25.7 Å². The molecular weight excluding hydrogens is 444 g/mol. The first-order chi connectivity index (χ1) is 14.1. The van der Waals surface area contributed by atoms with Crippen LogP contribution in [0.3, 0.4) is 0 Å². The van der Waals surface area contributed by atoms with Gasteiger partial charge in [-0.15, -0.1) is 12.4 Å². The molecule has 9 nitrogen and oxygen atoms in total. The molecule has 0 aliphatic carbocycles. The van der Waals surface area contributed by atoms with Crippen LogP contribution >= 0.6 is 12.4 Å². The highest BCUT2D eigenvalue weighted by atomic mass is 35.5. The molecule has 0 amide bonds. The van der Waals surface area contributed by atoms with Gasteiger partial charge in [0, 0.05) is 17.5 Å². The van der Waals surface area contributed by atoms with Crippen molar-refractivity contribution in [2.75, 3.05) is 37.2 Å². The Bertz CT molecular complexity index is 1030. The Kier molecular flexibility index (Phi) is 7.82. The van der Waals surface area contributed by atoms with Gasteiger partial charge >= 0.3 is 0 Å². The zero-order valence-electron chi connectivity index (χ0n) is 18.0. The molecule has 0 radical (unpaired) electrons. The number of nitrogen functional groups attached to an aromatic ring is 2. The zero-order chi connectivity index (χ0) is 22.1. The molecule has 0 saturated carbocycles. The number of anilines is 2. The van der Waals surface area contributed by atoms with Crippen LogP contribution in [0.2, 0.25) is 0 Å². The molecule has 1 aromatic carbocycles. The van der Waals surface area contributed by atoms with Crippen molar-refractivity contribution in [1.29, 1.82) is 0 Å². The first-order valence-electron chi connectivity index (χ1n) is 9.72. The lowest BCUT2D eigenvalue weighted by Gasteiger charge is -2.25. The van der Waals surface area contributed by atoms with Gasteiger partial charge in [-0.05, 0) is 24.8 Å². The van der Waals surface area contributed by atoms with Gasteiger partial charge < -0.3 is 25.7 Å². The molecule has 31 heavy (non-hydrogen) atoms. The van der Waals surface area contributed by atoms with Crippen LogP contribution in [0.1, 0.15) is 49.8 Å². The number of aromatic nitrogens is 2. The second kappa shape index (κ2) is 9.78. The average Bonchev–Trinajstić information content (AvgIpc) is 2.69. The molecule has 1 fully saturated rings. The fourth-order valence-corrected chi connectivity index (χ4v) is 5.07. The van der Waals surface area contributed by atoms with Gasteiger partial charge in [0.1, 0.15) is 15.6 Å². The van der Waals surface area contributed by atoms with Gasteiger partial charge in [0.2, 0.25) is 5.95 Å². The molecule has 1 aromatic heterocycles. The Labute approximate surface area is 188 Å². The van der Waals surface area contributed by atoms with Crippen molar-refractivity contribution in [3.05, 3.63) is 23.4 Å². The monoisotopic (exact) mass is 472 g/mol. The summed E-state index contributed by atoms with van der Waals surface area (Å²) in [5, 5.41) is 0. The number of nitrogens with zero attached hydrogens (tertiary/aromatic N) is 2. The Balaban J connectivity index is 0.00000341. The minimum absolute atomic E-state index is 0. The van der Waals surface area contributed by atoms with E-state index in [0.717, 1.165) is 5.56 Å². The Morgan fingerprint density at radius 2 is 1.58 bits per heavy atom. The van der Waals surface area contributed by atoms with E-state index in [1.54, 1.807) is 20.3 Å². The molecule has 1 saturated heterocycles. The minimum atomic E-state index is -3.03. The SMILES string of the molecule is COc1cc(Oc2c(N)nc(N)nc2C2CCS(=O)(=O)CC2)c(C(C)C)cc1OC.Cl. The number of methoxy groups -OCH3 is 2. The quantitative estimate of drug-likeness (QED) is 0.647. The third-order valence-corrected chi connectivity index (χ3v) is 6.94. The van der Waals surface area contributed by atoms with Crippen molar-refractivity contribution in [3.8, 4) is 23.0 Å². The highest BCUT2D eigenvalue weighted by molar-refractivity contribution is 7.91. The fourth-order valence-electron chi connectivity index (χ4n) is 3.57. The van der Waals surface area contributed by atoms with Gasteiger partial charge in [0.15, 0.2) is 23.1 Å². The van der Waals surface area contributed by atoms with Crippen LogP contribution in [0, 0.1) is 0 Å². The summed E-state index contributed by atoms with van der Waals surface area (Å²) in [5.41, 5.74) is 13.4. The molecular formula is C20H29ClN4O5S. The number of hydrogen-bond donors (Lipinski definition) is 2. The van der Waals surface area contributed by atoms with Crippen molar-refractivity contribution < 1.29 is 22.6 Å². The largest absolute Gasteiger partial charge is 0.493 e. The summed E-state index contributed by atoms with van der Waals surface area (Å²) in [4.78, 5) is 8.41. The van der Waals surface area contributed by atoms with Crippen molar-refractivity contribution in [3.63, 3.8) is 0 Å². The van der Waals surface area contributed by atoms with Gasteiger partial charge in [0.05, 0.1) is 31.4 Å². The van der Waals surface area contributed by atoms with E-state index in [1.807, 2.05) is 19.9 Å². The van der Waals surface area contributed by atoms with Crippen LogP contribution in [0.15, 0.2) is 12.1 Å². The number of sulfone groups is 1. The van der Waals surface area contributed by atoms with Crippen LogP contribution in [-0.2, 0) is 9.84 Å². The summed E-state index contributed by atoms with van der Waals surface area (Å²) in [5.74, 6) is 2.23. The van der Waals surface area contributed by atoms with Crippen LogP contribution in [0.25, 0.3) is 0 Å².